The number of likely N-dealkylation sites (N-methyl/N-ethyl adjacent to an activating group) is 1. The molecule has 0 saturated carbocycles. The second-order valence-electron chi connectivity index (χ2n) is 3.21. The van der Waals surface area contributed by atoms with Crippen LogP contribution in [0.25, 0.3) is 0 Å². The summed E-state index contributed by atoms with van der Waals surface area (Å²) in [6.45, 7) is 2.79. The van der Waals surface area contributed by atoms with Gasteiger partial charge in [0.25, 0.3) is 0 Å². The molecule has 0 saturated heterocycles. The molecule has 1 N–H and O–H groups in total. The first-order valence-electron chi connectivity index (χ1n) is 5.01. The number of aromatic nitrogens is 2. The van der Waals surface area contributed by atoms with E-state index in [4.69, 9.17) is 4.74 Å². The van der Waals surface area contributed by atoms with E-state index in [1.807, 2.05) is 6.92 Å². The normalized spacial score (nSPS) is 9.69. The zero-order chi connectivity index (χ0) is 12.0. The molecule has 16 heavy (non-hydrogen) atoms. The molecule has 0 aromatic carbocycles. The Balaban J connectivity index is 2.45. The summed E-state index contributed by atoms with van der Waals surface area (Å²) in [5.74, 6) is 1.00. The fraction of sp³-hybridized carbons (Fsp3) is 0.500. The summed E-state index contributed by atoms with van der Waals surface area (Å²) in [6.07, 6.45) is 3.09. The molecule has 0 aliphatic heterocycles. The number of hydrogen-bond acceptors (Lipinski definition) is 5. The van der Waals surface area contributed by atoms with Crippen molar-refractivity contribution in [2.45, 2.75) is 6.92 Å². The van der Waals surface area contributed by atoms with Gasteiger partial charge < -0.3 is 15.0 Å². The molecule has 1 heterocycles. The molecule has 6 nitrogen and oxygen atoms in total. The van der Waals surface area contributed by atoms with Gasteiger partial charge in [-0.15, -0.1) is 0 Å². The lowest BCUT2D eigenvalue weighted by Crippen LogP contribution is -2.32. The zero-order valence-corrected chi connectivity index (χ0v) is 9.73. The van der Waals surface area contributed by atoms with E-state index in [-0.39, 0.29) is 12.5 Å². The van der Waals surface area contributed by atoms with E-state index in [2.05, 4.69) is 15.3 Å². The van der Waals surface area contributed by atoms with Gasteiger partial charge in [0, 0.05) is 13.6 Å². The number of ether oxygens (including phenoxy) is 1. The maximum Gasteiger partial charge on any atom is 0.241 e. The summed E-state index contributed by atoms with van der Waals surface area (Å²) < 4.78 is 4.92. The van der Waals surface area contributed by atoms with E-state index < -0.39 is 0 Å². The molecule has 0 bridgehead atoms. The van der Waals surface area contributed by atoms with Crippen LogP contribution in [0, 0.1) is 0 Å². The van der Waals surface area contributed by atoms with Crippen LogP contribution in [0.3, 0.4) is 0 Å². The molecule has 1 aromatic heterocycles. The van der Waals surface area contributed by atoms with Gasteiger partial charge in [0.05, 0.1) is 26.0 Å². The third-order valence-corrected chi connectivity index (χ3v) is 2.16. The molecule has 0 unspecified atom stereocenters. The predicted octanol–water partition coefficient (Wildman–Crippen LogP) is 0.375. The number of carbonyl (C=O) groups is 1. The smallest absolute Gasteiger partial charge is 0.241 e. The molecule has 0 spiro atoms. The summed E-state index contributed by atoms with van der Waals surface area (Å²) in [5.41, 5.74) is 0. The Kier molecular flexibility index (Phi) is 4.50. The quantitative estimate of drug-likeness (QED) is 0.783. The Morgan fingerprint density at radius 1 is 1.50 bits per heavy atom. The fourth-order valence-electron chi connectivity index (χ4n) is 0.979. The van der Waals surface area contributed by atoms with E-state index >= 15 is 0 Å². The summed E-state index contributed by atoms with van der Waals surface area (Å²) in [4.78, 5) is 21.1. The minimum atomic E-state index is 0.00178. The summed E-state index contributed by atoms with van der Waals surface area (Å²) in [7, 11) is 3.30. The molecule has 1 aromatic rings. The van der Waals surface area contributed by atoms with Gasteiger partial charge >= 0.3 is 0 Å². The van der Waals surface area contributed by atoms with Crippen LogP contribution in [0.4, 0.5) is 5.95 Å². The Morgan fingerprint density at radius 3 is 2.62 bits per heavy atom. The zero-order valence-electron chi connectivity index (χ0n) is 9.73. The van der Waals surface area contributed by atoms with Crippen LogP contribution < -0.4 is 10.1 Å². The Morgan fingerprint density at radius 2 is 2.12 bits per heavy atom. The minimum Gasteiger partial charge on any atom is -0.494 e. The van der Waals surface area contributed by atoms with Crippen LogP contribution in [-0.4, -0.2) is 48.0 Å². The number of methoxy groups -OCH3 is 1. The second-order valence-corrected chi connectivity index (χ2v) is 3.21. The van der Waals surface area contributed by atoms with Crippen molar-refractivity contribution in [3.05, 3.63) is 12.4 Å². The molecule has 1 amide bonds. The highest BCUT2D eigenvalue weighted by atomic mass is 16.5. The highest BCUT2D eigenvalue weighted by Gasteiger charge is 2.06. The Bertz CT molecular complexity index is 339. The third kappa shape index (κ3) is 3.38. The monoisotopic (exact) mass is 224 g/mol. The van der Waals surface area contributed by atoms with Crippen molar-refractivity contribution in [2.75, 3.05) is 32.6 Å². The van der Waals surface area contributed by atoms with Gasteiger partial charge in [-0.1, -0.05) is 0 Å². The lowest BCUT2D eigenvalue weighted by molar-refractivity contribution is -0.127. The number of carbonyl (C=O) groups excluding carboxylic acids is 1. The first kappa shape index (κ1) is 12.2. The standard InChI is InChI=1S/C10H16N4O2/c1-4-14(2)9(15)7-13-10-11-5-8(16-3)6-12-10/h5-6H,4,7H2,1-3H3,(H,11,12,13). The number of amides is 1. The summed E-state index contributed by atoms with van der Waals surface area (Å²) >= 11 is 0. The minimum absolute atomic E-state index is 0.00178. The van der Waals surface area contributed by atoms with Crippen molar-refractivity contribution in [3.8, 4) is 5.75 Å². The van der Waals surface area contributed by atoms with Gasteiger partial charge in [-0.3, -0.25) is 4.79 Å². The topological polar surface area (TPSA) is 67.4 Å². The Labute approximate surface area is 94.6 Å². The van der Waals surface area contributed by atoms with E-state index in [0.29, 0.717) is 18.2 Å². The molecular weight excluding hydrogens is 208 g/mol. The van der Waals surface area contributed by atoms with Crippen molar-refractivity contribution >= 4 is 11.9 Å². The van der Waals surface area contributed by atoms with Gasteiger partial charge in [-0.05, 0) is 6.92 Å². The predicted molar refractivity (Wildman–Crippen MR) is 60.4 cm³/mol. The molecule has 0 atom stereocenters. The first-order chi connectivity index (χ1) is 7.67. The summed E-state index contributed by atoms with van der Waals surface area (Å²) in [6, 6.07) is 0. The van der Waals surface area contributed by atoms with E-state index in [0.717, 1.165) is 0 Å². The average molecular weight is 224 g/mol. The maximum atomic E-state index is 11.5. The van der Waals surface area contributed by atoms with Crippen molar-refractivity contribution in [2.24, 2.45) is 0 Å². The second kappa shape index (κ2) is 5.89. The van der Waals surface area contributed by atoms with Gasteiger partial charge in [0.15, 0.2) is 5.75 Å². The van der Waals surface area contributed by atoms with Crippen LogP contribution >= 0.6 is 0 Å². The van der Waals surface area contributed by atoms with Crippen molar-refractivity contribution < 1.29 is 9.53 Å². The summed E-state index contributed by atoms with van der Waals surface area (Å²) in [5, 5.41) is 2.84. The molecule has 1 rings (SSSR count). The highest BCUT2D eigenvalue weighted by molar-refractivity contribution is 5.80. The van der Waals surface area contributed by atoms with Crippen LogP contribution in [-0.2, 0) is 4.79 Å². The van der Waals surface area contributed by atoms with Gasteiger partial charge in [-0.2, -0.15) is 0 Å². The lowest BCUT2D eigenvalue weighted by Gasteiger charge is -2.14. The molecule has 6 heteroatoms. The molecular formula is C10H16N4O2. The molecule has 88 valence electrons. The van der Waals surface area contributed by atoms with Crippen LogP contribution in [0.2, 0.25) is 0 Å². The number of anilines is 1. The van der Waals surface area contributed by atoms with Crippen molar-refractivity contribution in [1.29, 1.82) is 0 Å². The van der Waals surface area contributed by atoms with Crippen molar-refractivity contribution in [3.63, 3.8) is 0 Å². The van der Waals surface area contributed by atoms with Crippen LogP contribution in [0.15, 0.2) is 12.4 Å². The van der Waals surface area contributed by atoms with Crippen LogP contribution in [0.5, 0.6) is 5.75 Å². The van der Waals surface area contributed by atoms with E-state index in [1.165, 1.54) is 0 Å². The largest absolute Gasteiger partial charge is 0.494 e. The van der Waals surface area contributed by atoms with Gasteiger partial charge in [0.1, 0.15) is 0 Å². The number of nitrogens with zero attached hydrogens (tertiary/aromatic N) is 3. The average Bonchev–Trinajstić information content (AvgIpc) is 2.35. The molecule has 0 aliphatic rings. The number of hydrogen-bond donors (Lipinski definition) is 1. The van der Waals surface area contributed by atoms with E-state index in [1.54, 1.807) is 31.5 Å². The molecule has 0 aliphatic carbocycles. The molecule has 0 fully saturated rings. The maximum absolute atomic E-state index is 11.5. The molecule has 0 radical (unpaired) electrons. The van der Waals surface area contributed by atoms with Gasteiger partial charge in [0.2, 0.25) is 11.9 Å². The first-order valence-corrected chi connectivity index (χ1v) is 5.01. The van der Waals surface area contributed by atoms with Gasteiger partial charge in [-0.25, -0.2) is 9.97 Å². The Hall–Kier alpha value is -1.85. The van der Waals surface area contributed by atoms with Crippen LogP contribution in [0.1, 0.15) is 6.92 Å². The SMILES string of the molecule is CCN(C)C(=O)CNc1ncc(OC)cn1. The highest BCUT2D eigenvalue weighted by Crippen LogP contribution is 2.06. The number of nitrogens with one attached hydrogen (secondary N) is 1. The van der Waals surface area contributed by atoms with E-state index in [9.17, 15) is 4.79 Å². The third-order valence-electron chi connectivity index (χ3n) is 2.16. The fourth-order valence-corrected chi connectivity index (χ4v) is 0.979. The van der Waals surface area contributed by atoms with Crippen molar-refractivity contribution in [1.82, 2.24) is 14.9 Å². The lowest BCUT2D eigenvalue weighted by atomic mass is 10.5. The number of rotatable bonds is 5.